The summed E-state index contributed by atoms with van der Waals surface area (Å²) < 4.78 is 0. The molecule has 0 radical (unpaired) electrons. The van der Waals surface area contributed by atoms with E-state index in [0.29, 0.717) is 0 Å². The van der Waals surface area contributed by atoms with E-state index in [9.17, 15) is 9.90 Å². The molecule has 1 aromatic rings. The average molecular weight is 204 g/mol. The first-order chi connectivity index (χ1) is 6.91. The highest BCUT2D eigenvalue weighted by atomic mass is 16.3. The van der Waals surface area contributed by atoms with Gasteiger partial charge in [0.25, 0.3) is 0 Å². The Morgan fingerprint density at radius 1 is 1.20 bits per heavy atom. The maximum absolute atomic E-state index is 11.7. The van der Waals surface area contributed by atoms with Crippen molar-refractivity contribution >= 4 is 11.9 Å². The van der Waals surface area contributed by atoms with Crippen LogP contribution in [0.5, 0.6) is 0 Å². The molecule has 0 fully saturated rings. The lowest BCUT2D eigenvalue weighted by Gasteiger charge is -2.15. The zero-order valence-corrected chi connectivity index (χ0v) is 9.32. The van der Waals surface area contributed by atoms with Crippen molar-refractivity contribution in [3.05, 3.63) is 41.7 Å². The van der Waals surface area contributed by atoms with Crippen LogP contribution in [-0.4, -0.2) is 10.9 Å². The van der Waals surface area contributed by atoms with Crippen LogP contribution in [0.15, 0.2) is 36.1 Å². The second-order valence-corrected chi connectivity index (χ2v) is 4.52. The van der Waals surface area contributed by atoms with Crippen LogP contribution < -0.4 is 0 Å². The van der Waals surface area contributed by atoms with E-state index in [0.717, 1.165) is 5.56 Å². The summed E-state index contributed by atoms with van der Waals surface area (Å²) in [6, 6.07) is 9.29. The average Bonchev–Trinajstić information content (AvgIpc) is 2.16. The van der Waals surface area contributed by atoms with E-state index < -0.39 is 5.41 Å². The van der Waals surface area contributed by atoms with E-state index >= 15 is 0 Å². The molecule has 1 N–H and O–H groups in total. The number of ketones is 1. The molecule has 0 aliphatic carbocycles. The number of carbonyl (C=O) groups is 1. The summed E-state index contributed by atoms with van der Waals surface area (Å²) in [5.74, 6) is -0.431. The summed E-state index contributed by atoms with van der Waals surface area (Å²) in [7, 11) is 0. The van der Waals surface area contributed by atoms with Gasteiger partial charge in [0.1, 0.15) is 0 Å². The Morgan fingerprint density at radius 3 is 2.20 bits per heavy atom. The van der Waals surface area contributed by atoms with Crippen LogP contribution in [0, 0.1) is 5.41 Å². The highest BCUT2D eigenvalue weighted by Crippen LogP contribution is 2.19. The van der Waals surface area contributed by atoms with Gasteiger partial charge < -0.3 is 5.11 Å². The quantitative estimate of drug-likeness (QED) is 0.593. The van der Waals surface area contributed by atoms with Crippen LogP contribution in [0.1, 0.15) is 26.3 Å². The van der Waals surface area contributed by atoms with E-state index in [1.807, 2.05) is 30.3 Å². The molecule has 0 saturated heterocycles. The zero-order chi connectivity index (χ0) is 11.5. The summed E-state index contributed by atoms with van der Waals surface area (Å²) in [6.45, 7) is 5.35. The molecular weight excluding hydrogens is 188 g/mol. The predicted octanol–water partition coefficient (Wildman–Crippen LogP) is 3.20. The fourth-order valence-electron chi connectivity index (χ4n) is 1.16. The molecule has 0 amide bonds. The van der Waals surface area contributed by atoms with Crippen LogP contribution in [0.4, 0.5) is 0 Å². The number of allylic oxidation sites excluding steroid dienone is 1. The summed E-state index contributed by atoms with van der Waals surface area (Å²) in [4.78, 5) is 11.7. The standard InChI is InChI=1S/C13H16O2/c1-13(2,3)12(15)11(14)9-10-7-5-4-6-8-10/h4-9,14H,1-3H3/b11-9-. The molecule has 0 bridgehead atoms. The van der Waals surface area contributed by atoms with Crippen molar-refractivity contribution in [2.75, 3.05) is 0 Å². The van der Waals surface area contributed by atoms with Gasteiger partial charge in [0.2, 0.25) is 5.78 Å². The number of aliphatic hydroxyl groups is 1. The summed E-state index contributed by atoms with van der Waals surface area (Å²) >= 11 is 0. The minimum absolute atomic E-state index is 0.186. The van der Waals surface area contributed by atoms with Gasteiger partial charge in [-0.2, -0.15) is 0 Å². The van der Waals surface area contributed by atoms with Gasteiger partial charge in [-0.25, -0.2) is 0 Å². The van der Waals surface area contributed by atoms with Crippen LogP contribution in [0.2, 0.25) is 0 Å². The maximum Gasteiger partial charge on any atom is 0.202 e. The molecule has 0 aliphatic heterocycles. The van der Waals surface area contributed by atoms with Crippen LogP contribution >= 0.6 is 0 Å². The molecule has 80 valence electrons. The van der Waals surface area contributed by atoms with E-state index in [2.05, 4.69) is 0 Å². The Kier molecular flexibility index (Phi) is 3.30. The number of benzene rings is 1. The maximum atomic E-state index is 11.7. The Balaban J connectivity index is 2.91. The Bertz CT molecular complexity index is 369. The number of carbonyl (C=O) groups excluding carboxylic acids is 1. The van der Waals surface area contributed by atoms with Gasteiger partial charge >= 0.3 is 0 Å². The first-order valence-corrected chi connectivity index (χ1v) is 4.92. The molecular formula is C13H16O2. The number of hydrogen-bond donors (Lipinski definition) is 1. The SMILES string of the molecule is CC(C)(C)C(=O)/C(O)=C/c1ccccc1. The first kappa shape index (κ1) is 11.5. The van der Waals surface area contributed by atoms with Gasteiger partial charge in [-0.05, 0) is 11.6 Å². The third-order valence-corrected chi connectivity index (χ3v) is 2.02. The molecule has 2 heteroatoms. The molecule has 1 rings (SSSR count). The van der Waals surface area contributed by atoms with E-state index in [4.69, 9.17) is 0 Å². The smallest absolute Gasteiger partial charge is 0.202 e. The van der Waals surface area contributed by atoms with Crippen molar-refractivity contribution in [3.8, 4) is 0 Å². The zero-order valence-electron chi connectivity index (χ0n) is 9.32. The van der Waals surface area contributed by atoms with E-state index in [1.165, 1.54) is 6.08 Å². The Morgan fingerprint density at radius 2 is 1.73 bits per heavy atom. The lowest BCUT2D eigenvalue weighted by atomic mass is 9.89. The molecule has 0 aliphatic rings. The van der Waals surface area contributed by atoms with Crippen LogP contribution in [0.25, 0.3) is 6.08 Å². The lowest BCUT2D eigenvalue weighted by molar-refractivity contribution is -0.124. The number of hydrogen-bond acceptors (Lipinski definition) is 2. The van der Waals surface area contributed by atoms with Gasteiger partial charge in [-0.1, -0.05) is 51.1 Å². The highest BCUT2D eigenvalue weighted by molar-refractivity contribution is 6.00. The van der Waals surface area contributed by atoms with Gasteiger partial charge in [-0.3, -0.25) is 4.79 Å². The Labute approximate surface area is 90.3 Å². The third kappa shape index (κ3) is 3.24. The monoisotopic (exact) mass is 204 g/mol. The van der Waals surface area contributed by atoms with Crippen LogP contribution in [-0.2, 0) is 4.79 Å². The van der Waals surface area contributed by atoms with E-state index in [-0.39, 0.29) is 11.5 Å². The molecule has 0 saturated carbocycles. The lowest BCUT2D eigenvalue weighted by Crippen LogP contribution is -2.21. The normalized spacial score (nSPS) is 12.6. The Hall–Kier alpha value is -1.57. The third-order valence-electron chi connectivity index (χ3n) is 2.02. The van der Waals surface area contributed by atoms with Gasteiger partial charge in [0.05, 0.1) is 0 Å². The van der Waals surface area contributed by atoms with Crippen molar-refractivity contribution in [1.29, 1.82) is 0 Å². The highest BCUT2D eigenvalue weighted by Gasteiger charge is 2.24. The van der Waals surface area contributed by atoms with Crippen molar-refractivity contribution in [2.45, 2.75) is 20.8 Å². The molecule has 0 unspecified atom stereocenters. The van der Waals surface area contributed by atoms with Gasteiger partial charge in [-0.15, -0.1) is 0 Å². The molecule has 0 spiro atoms. The molecule has 0 atom stereocenters. The summed E-state index contributed by atoms with van der Waals surface area (Å²) in [5.41, 5.74) is 0.280. The number of Topliss-reactive ketones (excluding diaryl/α,β-unsaturated/α-hetero) is 1. The minimum atomic E-state index is -0.546. The molecule has 2 nitrogen and oxygen atoms in total. The fourth-order valence-corrected chi connectivity index (χ4v) is 1.16. The van der Waals surface area contributed by atoms with Crippen molar-refractivity contribution in [2.24, 2.45) is 5.41 Å². The summed E-state index contributed by atoms with van der Waals surface area (Å²) in [5, 5.41) is 9.62. The molecule has 0 aromatic heterocycles. The van der Waals surface area contributed by atoms with Crippen molar-refractivity contribution in [1.82, 2.24) is 0 Å². The molecule has 0 heterocycles. The van der Waals surface area contributed by atoms with Gasteiger partial charge in [0, 0.05) is 5.41 Å². The topological polar surface area (TPSA) is 37.3 Å². The first-order valence-electron chi connectivity index (χ1n) is 4.92. The number of aliphatic hydroxyl groups excluding tert-OH is 1. The van der Waals surface area contributed by atoms with Gasteiger partial charge in [0.15, 0.2) is 5.76 Å². The fraction of sp³-hybridized carbons (Fsp3) is 0.308. The summed E-state index contributed by atoms with van der Waals surface area (Å²) in [6.07, 6.45) is 1.49. The predicted molar refractivity (Wildman–Crippen MR) is 61.5 cm³/mol. The minimum Gasteiger partial charge on any atom is -0.504 e. The van der Waals surface area contributed by atoms with Crippen molar-refractivity contribution < 1.29 is 9.90 Å². The van der Waals surface area contributed by atoms with Crippen LogP contribution in [0.3, 0.4) is 0 Å². The molecule has 15 heavy (non-hydrogen) atoms. The van der Waals surface area contributed by atoms with E-state index in [1.54, 1.807) is 20.8 Å². The second-order valence-electron chi connectivity index (χ2n) is 4.52. The molecule has 1 aromatic carbocycles. The second kappa shape index (κ2) is 4.30. The van der Waals surface area contributed by atoms with Crippen molar-refractivity contribution in [3.63, 3.8) is 0 Å². The largest absolute Gasteiger partial charge is 0.504 e. The number of rotatable bonds is 2.